The van der Waals surface area contributed by atoms with Crippen molar-refractivity contribution in [1.82, 2.24) is 0 Å². The minimum Gasteiger partial charge on any atom is -0.489 e. The molecular formula is C19H21NO. The van der Waals surface area contributed by atoms with Crippen LogP contribution in [0, 0.1) is 0 Å². The Balaban J connectivity index is 2.15. The smallest absolute Gasteiger partial charge is 0.120 e. The van der Waals surface area contributed by atoms with E-state index in [4.69, 9.17) is 4.74 Å². The zero-order valence-corrected chi connectivity index (χ0v) is 12.6. The van der Waals surface area contributed by atoms with Gasteiger partial charge < -0.3 is 10.1 Å². The van der Waals surface area contributed by atoms with E-state index in [1.807, 2.05) is 62.5 Å². The van der Waals surface area contributed by atoms with Crippen molar-refractivity contribution in [2.24, 2.45) is 0 Å². The summed E-state index contributed by atoms with van der Waals surface area (Å²) in [6, 6.07) is 16.3. The van der Waals surface area contributed by atoms with Gasteiger partial charge in [0.05, 0.1) is 0 Å². The lowest BCUT2D eigenvalue weighted by molar-refractivity contribution is 0.265. The fourth-order valence-corrected chi connectivity index (χ4v) is 2.11. The maximum atomic E-state index is 5.83. The van der Waals surface area contributed by atoms with Gasteiger partial charge in [-0.1, -0.05) is 49.1 Å². The maximum Gasteiger partial charge on any atom is 0.120 e. The molecule has 0 atom stereocenters. The fraction of sp³-hybridized carbons (Fsp3) is 0.158. The van der Waals surface area contributed by atoms with E-state index in [-0.39, 0.29) is 0 Å². The number of anilines is 1. The Morgan fingerprint density at radius 1 is 1.19 bits per heavy atom. The molecule has 0 aromatic heterocycles. The topological polar surface area (TPSA) is 21.3 Å². The van der Waals surface area contributed by atoms with Crippen LogP contribution in [-0.4, -0.2) is 7.05 Å². The van der Waals surface area contributed by atoms with Crippen LogP contribution in [0.15, 0.2) is 61.2 Å². The van der Waals surface area contributed by atoms with Gasteiger partial charge in [0.2, 0.25) is 0 Å². The zero-order chi connectivity index (χ0) is 15.1. The normalized spacial score (nSPS) is 10.6. The van der Waals surface area contributed by atoms with Crippen molar-refractivity contribution >= 4 is 17.5 Å². The third-order valence-electron chi connectivity index (χ3n) is 3.24. The van der Waals surface area contributed by atoms with Crippen LogP contribution in [0.4, 0.5) is 5.69 Å². The molecule has 0 saturated heterocycles. The van der Waals surface area contributed by atoms with Crippen molar-refractivity contribution < 1.29 is 4.74 Å². The van der Waals surface area contributed by atoms with Gasteiger partial charge in [0.15, 0.2) is 0 Å². The van der Waals surface area contributed by atoms with Crippen LogP contribution < -0.4 is 5.32 Å². The third-order valence-corrected chi connectivity index (χ3v) is 3.24. The first-order chi connectivity index (χ1) is 10.2. The third kappa shape index (κ3) is 3.99. The monoisotopic (exact) mass is 279 g/mol. The van der Waals surface area contributed by atoms with E-state index < -0.39 is 0 Å². The van der Waals surface area contributed by atoms with Gasteiger partial charge in [-0.05, 0) is 36.2 Å². The van der Waals surface area contributed by atoms with Crippen LogP contribution in [-0.2, 0) is 11.3 Å². The second-order valence-electron chi connectivity index (χ2n) is 4.75. The van der Waals surface area contributed by atoms with Crippen molar-refractivity contribution in [2.45, 2.75) is 13.5 Å². The first kappa shape index (κ1) is 14.9. The molecule has 2 heteroatoms. The molecule has 0 bridgehead atoms. The summed E-state index contributed by atoms with van der Waals surface area (Å²) in [5.41, 5.74) is 4.33. The van der Waals surface area contributed by atoms with Gasteiger partial charge in [0.25, 0.3) is 0 Å². The highest BCUT2D eigenvalue weighted by molar-refractivity contribution is 5.72. The molecule has 2 aromatic rings. The zero-order valence-electron chi connectivity index (χ0n) is 12.6. The molecule has 0 aliphatic carbocycles. The Hall–Kier alpha value is -2.48. The van der Waals surface area contributed by atoms with Crippen LogP contribution in [0.2, 0.25) is 0 Å². The molecule has 0 heterocycles. The van der Waals surface area contributed by atoms with Gasteiger partial charge in [-0.25, -0.2) is 0 Å². The highest BCUT2D eigenvalue weighted by atomic mass is 16.5. The van der Waals surface area contributed by atoms with E-state index >= 15 is 0 Å². The van der Waals surface area contributed by atoms with Gasteiger partial charge in [0, 0.05) is 18.3 Å². The van der Waals surface area contributed by atoms with E-state index in [2.05, 4.69) is 24.0 Å². The van der Waals surface area contributed by atoms with Crippen LogP contribution in [0.5, 0.6) is 0 Å². The van der Waals surface area contributed by atoms with Crippen LogP contribution in [0.25, 0.3) is 11.8 Å². The molecule has 0 aliphatic rings. The van der Waals surface area contributed by atoms with E-state index in [1.165, 1.54) is 0 Å². The Morgan fingerprint density at radius 3 is 2.62 bits per heavy atom. The number of nitrogens with one attached hydrogen (secondary N) is 1. The summed E-state index contributed by atoms with van der Waals surface area (Å²) >= 11 is 0. The first-order valence-corrected chi connectivity index (χ1v) is 7.05. The van der Waals surface area contributed by atoms with E-state index in [0.29, 0.717) is 12.4 Å². The second-order valence-corrected chi connectivity index (χ2v) is 4.75. The molecule has 0 fully saturated rings. The van der Waals surface area contributed by atoms with E-state index in [9.17, 15) is 0 Å². The van der Waals surface area contributed by atoms with E-state index in [0.717, 1.165) is 22.4 Å². The lowest BCUT2D eigenvalue weighted by Gasteiger charge is -2.13. The SMILES string of the molecule is C=C(OCc1ccccc1)c1ccc(NC)cc1/C=C\C. The van der Waals surface area contributed by atoms with Gasteiger partial charge in [-0.15, -0.1) is 0 Å². The Labute approximate surface area is 126 Å². The molecule has 0 aliphatic heterocycles. The van der Waals surface area contributed by atoms with Crippen LogP contribution in [0.3, 0.4) is 0 Å². The predicted octanol–water partition coefficient (Wildman–Crippen LogP) is 4.95. The molecule has 0 amide bonds. The highest BCUT2D eigenvalue weighted by Crippen LogP contribution is 2.24. The molecule has 1 N–H and O–H groups in total. The summed E-state index contributed by atoms with van der Waals surface area (Å²) in [7, 11) is 1.91. The summed E-state index contributed by atoms with van der Waals surface area (Å²) in [6.07, 6.45) is 4.08. The molecule has 0 saturated carbocycles. The summed E-state index contributed by atoms with van der Waals surface area (Å²) in [4.78, 5) is 0. The lowest BCUT2D eigenvalue weighted by Crippen LogP contribution is -1.96. The van der Waals surface area contributed by atoms with Crippen LogP contribution >= 0.6 is 0 Å². The molecular weight excluding hydrogens is 258 g/mol. The summed E-state index contributed by atoms with van der Waals surface area (Å²) in [5.74, 6) is 0.689. The summed E-state index contributed by atoms with van der Waals surface area (Å²) < 4.78 is 5.83. The molecule has 2 aromatic carbocycles. The Kier molecular flexibility index (Phi) is 5.22. The van der Waals surface area contributed by atoms with Crippen molar-refractivity contribution in [3.05, 3.63) is 77.9 Å². The summed E-state index contributed by atoms with van der Waals surface area (Å²) in [6.45, 7) is 6.60. The minimum absolute atomic E-state index is 0.530. The predicted molar refractivity (Wildman–Crippen MR) is 91.0 cm³/mol. The van der Waals surface area contributed by atoms with E-state index in [1.54, 1.807) is 0 Å². The molecule has 108 valence electrons. The summed E-state index contributed by atoms with van der Waals surface area (Å²) in [5, 5.41) is 3.15. The average Bonchev–Trinajstić information content (AvgIpc) is 2.54. The van der Waals surface area contributed by atoms with Gasteiger partial charge in [-0.3, -0.25) is 0 Å². The van der Waals surface area contributed by atoms with Crippen molar-refractivity contribution in [2.75, 3.05) is 12.4 Å². The second kappa shape index (κ2) is 7.34. The van der Waals surface area contributed by atoms with Crippen molar-refractivity contribution in [1.29, 1.82) is 0 Å². The van der Waals surface area contributed by atoms with Gasteiger partial charge >= 0.3 is 0 Å². The molecule has 0 unspecified atom stereocenters. The average molecular weight is 279 g/mol. The van der Waals surface area contributed by atoms with Crippen molar-refractivity contribution in [3.8, 4) is 0 Å². The molecule has 0 radical (unpaired) electrons. The maximum absolute atomic E-state index is 5.83. The van der Waals surface area contributed by atoms with Gasteiger partial charge in [-0.2, -0.15) is 0 Å². The fourth-order valence-electron chi connectivity index (χ4n) is 2.11. The van der Waals surface area contributed by atoms with Gasteiger partial charge in [0.1, 0.15) is 12.4 Å². The largest absolute Gasteiger partial charge is 0.489 e. The molecule has 0 spiro atoms. The first-order valence-electron chi connectivity index (χ1n) is 7.05. The number of benzene rings is 2. The number of rotatable bonds is 6. The molecule has 2 rings (SSSR count). The lowest BCUT2D eigenvalue weighted by atomic mass is 10.0. The van der Waals surface area contributed by atoms with Crippen molar-refractivity contribution in [3.63, 3.8) is 0 Å². The highest BCUT2D eigenvalue weighted by Gasteiger charge is 2.06. The quantitative estimate of drug-likeness (QED) is 0.755. The Morgan fingerprint density at radius 2 is 1.95 bits per heavy atom. The number of hydrogen-bond donors (Lipinski definition) is 1. The molecule has 21 heavy (non-hydrogen) atoms. The van der Waals surface area contributed by atoms with Crippen LogP contribution in [0.1, 0.15) is 23.6 Å². The minimum atomic E-state index is 0.530. The Bertz CT molecular complexity index is 629. The molecule has 2 nitrogen and oxygen atoms in total. The number of hydrogen-bond acceptors (Lipinski definition) is 2. The number of ether oxygens (including phenoxy) is 1. The standard InChI is InChI=1S/C19H21NO/c1-4-8-17-13-18(20-3)11-12-19(17)15(2)21-14-16-9-6-5-7-10-16/h4-13,20H,2,14H2,1,3H3/b8-4-. The number of allylic oxidation sites excluding steroid dienone is 1.